The Bertz CT molecular complexity index is 586. The lowest BCUT2D eigenvalue weighted by molar-refractivity contribution is -0.0893. The minimum atomic E-state index is -0.234. The zero-order chi connectivity index (χ0) is 16.6. The van der Waals surface area contributed by atoms with Gasteiger partial charge in [-0.3, -0.25) is 4.79 Å². The SMILES string of the molecule is CO[C@H]1CC[C@]2(OC)CCN(C(=O)c3c(C)ncnc3C)[C@@H]2C1. The molecule has 0 spiro atoms. The maximum atomic E-state index is 13.1. The highest BCUT2D eigenvalue weighted by molar-refractivity contribution is 5.96. The Balaban J connectivity index is 1.92. The van der Waals surface area contributed by atoms with Crippen LogP contribution in [-0.2, 0) is 9.47 Å². The molecule has 23 heavy (non-hydrogen) atoms. The molecule has 1 aliphatic carbocycles. The molecule has 6 nitrogen and oxygen atoms in total. The summed E-state index contributed by atoms with van der Waals surface area (Å²) in [6.45, 7) is 4.43. The third kappa shape index (κ3) is 2.64. The van der Waals surface area contributed by atoms with Crippen molar-refractivity contribution in [2.75, 3.05) is 20.8 Å². The summed E-state index contributed by atoms with van der Waals surface area (Å²) in [5, 5.41) is 0. The molecule has 126 valence electrons. The minimum Gasteiger partial charge on any atom is -0.381 e. The molecular formula is C17H25N3O3. The lowest BCUT2D eigenvalue weighted by atomic mass is 9.79. The number of carbonyl (C=O) groups excluding carboxylic acids is 1. The van der Waals surface area contributed by atoms with Gasteiger partial charge in [0.2, 0.25) is 0 Å². The van der Waals surface area contributed by atoms with E-state index >= 15 is 0 Å². The molecule has 1 saturated heterocycles. The van der Waals surface area contributed by atoms with Gasteiger partial charge in [0.15, 0.2) is 0 Å². The molecule has 3 atom stereocenters. The van der Waals surface area contributed by atoms with Gasteiger partial charge in [0.05, 0.1) is 34.7 Å². The fourth-order valence-corrected chi connectivity index (χ4v) is 4.17. The van der Waals surface area contributed by atoms with Gasteiger partial charge in [0, 0.05) is 20.8 Å². The molecule has 2 fully saturated rings. The first-order valence-corrected chi connectivity index (χ1v) is 8.19. The van der Waals surface area contributed by atoms with E-state index < -0.39 is 0 Å². The highest BCUT2D eigenvalue weighted by Gasteiger charge is 2.53. The number of aryl methyl sites for hydroxylation is 2. The van der Waals surface area contributed by atoms with Gasteiger partial charge >= 0.3 is 0 Å². The summed E-state index contributed by atoms with van der Waals surface area (Å²) >= 11 is 0. The van der Waals surface area contributed by atoms with Gasteiger partial charge in [0.25, 0.3) is 5.91 Å². The maximum absolute atomic E-state index is 13.1. The number of hydrogen-bond acceptors (Lipinski definition) is 5. The first-order chi connectivity index (χ1) is 11.0. The number of rotatable bonds is 3. The van der Waals surface area contributed by atoms with Crippen molar-refractivity contribution < 1.29 is 14.3 Å². The molecule has 0 N–H and O–H groups in total. The number of amides is 1. The van der Waals surface area contributed by atoms with E-state index in [-0.39, 0.29) is 23.7 Å². The molecule has 2 aliphatic rings. The fourth-order valence-electron chi connectivity index (χ4n) is 4.17. The van der Waals surface area contributed by atoms with Crippen molar-refractivity contribution in [3.8, 4) is 0 Å². The third-order valence-electron chi connectivity index (χ3n) is 5.58. The number of carbonyl (C=O) groups is 1. The van der Waals surface area contributed by atoms with E-state index in [1.165, 1.54) is 6.33 Å². The molecule has 3 rings (SSSR count). The number of nitrogens with zero attached hydrogens (tertiary/aromatic N) is 3. The van der Waals surface area contributed by atoms with Gasteiger partial charge < -0.3 is 14.4 Å². The lowest BCUT2D eigenvalue weighted by Gasteiger charge is -2.43. The number of likely N-dealkylation sites (tertiary alicyclic amines) is 1. The van der Waals surface area contributed by atoms with Crippen LogP contribution in [0.2, 0.25) is 0 Å². The second-order valence-corrected chi connectivity index (χ2v) is 6.58. The summed E-state index contributed by atoms with van der Waals surface area (Å²) in [7, 11) is 3.50. The van der Waals surface area contributed by atoms with Crippen molar-refractivity contribution >= 4 is 5.91 Å². The normalized spacial score (nSPS) is 30.3. The van der Waals surface area contributed by atoms with Crippen molar-refractivity contribution in [2.24, 2.45) is 0 Å². The second-order valence-electron chi connectivity index (χ2n) is 6.58. The molecule has 0 bridgehead atoms. The Morgan fingerprint density at radius 1 is 1.26 bits per heavy atom. The molecular weight excluding hydrogens is 294 g/mol. The van der Waals surface area contributed by atoms with Crippen LogP contribution in [0.25, 0.3) is 0 Å². The molecule has 1 aromatic rings. The van der Waals surface area contributed by atoms with Crippen LogP contribution in [0.15, 0.2) is 6.33 Å². The summed E-state index contributed by atoms with van der Waals surface area (Å²) in [6.07, 6.45) is 5.30. The number of hydrogen-bond donors (Lipinski definition) is 0. The van der Waals surface area contributed by atoms with E-state index in [1.807, 2.05) is 18.7 Å². The molecule has 0 aromatic carbocycles. The van der Waals surface area contributed by atoms with Gasteiger partial charge in [-0.05, 0) is 39.5 Å². The Labute approximate surface area is 137 Å². The Kier molecular flexibility index (Phi) is 4.38. The van der Waals surface area contributed by atoms with E-state index in [4.69, 9.17) is 9.47 Å². The Morgan fingerprint density at radius 3 is 2.57 bits per heavy atom. The Morgan fingerprint density at radius 2 is 1.96 bits per heavy atom. The van der Waals surface area contributed by atoms with Crippen LogP contribution in [0.1, 0.15) is 47.4 Å². The Hall–Kier alpha value is -1.53. The van der Waals surface area contributed by atoms with E-state index in [0.717, 1.165) is 37.1 Å². The van der Waals surface area contributed by atoms with Gasteiger partial charge in [0.1, 0.15) is 6.33 Å². The molecule has 2 heterocycles. The van der Waals surface area contributed by atoms with Crippen molar-refractivity contribution in [3.05, 3.63) is 23.3 Å². The van der Waals surface area contributed by atoms with Crippen LogP contribution in [0.4, 0.5) is 0 Å². The van der Waals surface area contributed by atoms with Crippen molar-refractivity contribution in [1.29, 1.82) is 0 Å². The van der Waals surface area contributed by atoms with Crippen LogP contribution in [0.5, 0.6) is 0 Å². The van der Waals surface area contributed by atoms with E-state index in [1.54, 1.807) is 14.2 Å². The molecule has 1 aliphatic heterocycles. The predicted octanol–water partition coefficient (Wildman–Crippen LogP) is 1.89. The molecule has 0 unspecified atom stereocenters. The van der Waals surface area contributed by atoms with Gasteiger partial charge in [-0.15, -0.1) is 0 Å². The fraction of sp³-hybridized carbons (Fsp3) is 0.706. The van der Waals surface area contributed by atoms with Crippen LogP contribution in [-0.4, -0.2) is 59.3 Å². The number of methoxy groups -OCH3 is 2. The van der Waals surface area contributed by atoms with Gasteiger partial charge in [-0.1, -0.05) is 0 Å². The monoisotopic (exact) mass is 319 g/mol. The van der Waals surface area contributed by atoms with Crippen molar-refractivity contribution in [3.63, 3.8) is 0 Å². The number of ether oxygens (including phenoxy) is 2. The average molecular weight is 319 g/mol. The number of fused-ring (bicyclic) bond motifs is 1. The average Bonchev–Trinajstić information content (AvgIpc) is 2.93. The summed E-state index contributed by atoms with van der Waals surface area (Å²) in [5.41, 5.74) is 1.86. The zero-order valence-corrected chi connectivity index (χ0v) is 14.3. The van der Waals surface area contributed by atoms with Crippen LogP contribution in [0.3, 0.4) is 0 Å². The summed E-state index contributed by atoms with van der Waals surface area (Å²) < 4.78 is 11.4. The van der Waals surface area contributed by atoms with E-state index in [9.17, 15) is 4.79 Å². The topological polar surface area (TPSA) is 64.6 Å². The van der Waals surface area contributed by atoms with Crippen molar-refractivity contribution in [1.82, 2.24) is 14.9 Å². The van der Waals surface area contributed by atoms with Gasteiger partial charge in [-0.2, -0.15) is 0 Å². The quantitative estimate of drug-likeness (QED) is 0.851. The summed E-state index contributed by atoms with van der Waals surface area (Å²) in [5.74, 6) is 0.0151. The first-order valence-electron chi connectivity index (χ1n) is 8.19. The van der Waals surface area contributed by atoms with Crippen molar-refractivity contribution in [2.45, 2.75) is 57.3 Å². The molecule has 1 amide bonds. The molecule has 1 aromatic heterocycles. The molecule has 0 radical (unpaired) electrons. The summed E-state index contributed by atoms with van der Waals surface area (Å²) in [4.78, 5) is 23.5. The standard InChI is InChI=1S/C17H25N3O3/c1-11-15(12(2)19-10-18-11)16(21)20-8-7-17(23-4)6-5-13(22-3)9-14(17)20/h10,13-14H,5-9H2,1-4H3/t13-,14+,17-/m0/s1. The lowest BCUT2D eigenvalue weighted by Crippen LogP contribution is -2.53. The highest BCUT2D eigenvalue weighted by atomic mass is 16.5. The first kappa shape index (κ1) is 16.3. The largest absolute Gasteiger partial charge is 0.381 e. The highest BCUT2D eigenvalue weighted by Crippen LogP contribution is 2.43. The third-order valence-corrected chi connectivity index (χ3v) is 5.58. The van der Waals surface area contributed by atoms with Crippen LogP contribution in [0, 0.1) is 13.8 Å². The van der Waals surface area contributed by atoms with Crippen LogP contribution >= 0.6 is 0 Å². The minimum absolute atomic E-state index is 0.0151. The molecule has 6 heteroatoms. The van der Waals surface area contributed by atoms with E-state index in [2.05, 4.69) is 9.97 Å². The second kappa shape index (κ2) is 6.17. The maximum Gasteiger partial charge on any atom is 0.257 e. The number of aromatic nitrogens is 2. The van der Waals surface area contributed by atoms with Crippen LogP contribution < -0.4 is 0 Å². The van der Waals surface area contributed by atoms with E-state index in [0.29, 0.717) is 12.1 Å². The molecule has 1 saturated carbocycles. The summed E-state index contributed by atoms with van der Waals surface area (Å²) in [6, 6.07) is 0.0534. The van der Waals surface area contributed by atoms with Gasteiger partial charge in [-0.25, -0.2) is 9.97 Å². The zero-order valence-electron chi connectivity index (χ0n) is 14.3. The predicted molar refractivity (Wildman–Crippen MR) is 85.3 cm³/mol. The smallest absolute Gasteiger partial charge is 0.257 e.